The van der Waals surface area contributed by atoms with Gasteiger partial charge in [-0.3, -0.25) is 5.41 Å². The maximum atomic E-state index is 9.70. The highest BCUT2D eigenvalue weighted by atomic mass is 16.3. The Balaban J connectivity index is 1.12. The highest BCUT2D eigenvalue weighted by molar-refractivity contribution is 6.24. The lowest BCUT2D eigenvalue weighted by Crippen LogP contribution is -2.07. The Hall–Kier alpha value is -8.41. The molecule has 2 heterocycles. The molecule has 0 spiro atoms. The van der Waals surface area contributed by atoms with Gasteiger partial charge in [0.25, 0.3) is 0 Å². The molecule has 0 aliphatic carbocycles. The topological polar surface area (TPSA) is 66.6 Å². The quantitative estimate of drug-likeness (QED) is 0.127. The third-order valence-electron chi connectivity index (χ3n) is 11.6. The van der Waals surface area contributed by atoms with Crippen molar-refractivity contribution in [3.8, 4) is 39.1 Å². The van der Waals surface area contributed by atoms with E-state index in [4.69, 9.17) is 14.4 Å². The Labute approximate surface area is 358 Å². The second kappa shape index (κ2) is 15.6. The maximum absolute atomic E-state index is 9.70. The van der Waals surface area contributed by atoms with E-state index in [-0.39, 0.29) is 5.84 Å². The molecule has 0 aliphatic rings. The van der Waals surface area contributed by atoms with E-state index in [0.29, 0.717) is 11.4 Å². The molecular weight excluding hydrogens is 757 g/mol. The van der Waals surface area contributed by atoms with Crippen LogP contribution in [0.4, 0.5) is 0 Å². The van der Waals surface area contributed by atoms with Crippen LogP contribution >= 0.6 is 0 Å². The molecule has 0 atom stereocenters. The number of amidine groups is 2. The van der Waals surface area contributed by atoms with Crippen LogP contribution in [0.3, 0.4) is 0 Å². The Morgan fingerprint density at radius 3 is 1.68 bits per heavy atom. The van der Waals surface area contributed by atoms with E-state index >= 15 is 0 Å². The zero-order valence-corrected chi connectivity index (χ0v) is 33.6. The number of aliphatic imine (C=N–C) groups is 2. The molecular formula is C57H38N4O. The second-order valence-corrected chi connectivity index (χ2v) is 15.3. The van der Waals surface area contributed by atoms with Gasteiger partial charge < -0.3 is 8.98 Å². The predicted octanol–water partition coefficient (Wildman–Crippen LogP) is 14.6. The van der Waals surface area contributed by atoms with Crippen molar-refractivity contribution in [2.45, 2.75) is 0 Å². The molecule has 0 bridgehead atoms. The Kier molecular flexibility index (Phi) is 9.25. The van der Waals surface area contributed by atoms with Crippen molar-refractivity contribution in [1.82, 2.24) is 4.57 Å². The summed E-state index contributed by atoms with van der Waals surface area (Å²) in [5.74, 6) is 0.555. The lowest BCUT2D eigenvalue weighted by atomic mass is 9.92. The summed E-state index contributed by atoms with van der Waals surface area (Å²) in [7, 11) is 0. The van der Waals surface area contributed by atoms with E-state index in [9.17, 15) is 5.41 Å². The fourth-order valence-corrected chi connectivity index (χ4v) is 8.62. The first-order valence-electron chi connectivity index (χ1n) is 20.7. The second-order valence-electron chi connectivity index (χ2n) is 15.3. The van der Waals surface area contributed by atoms with Crippen molar-refractivity contribution < 1.29 is 4.42 Å². The van der Waals surface area contributed by atoms with Gasteiger partial charge in [0.15, 0.2) is 11.7 Å². The summed E-state index contributed by atoms with van der Waals surface area (Å²) in [6.07, 6.45) is 1.82. The van der Waals surface area contributed by atoms with E-state index < -0.39 is 0 Å². The van der Waals surface area contributed by atoms with E-state index in [1.54, 1.807) is 0 Å². The van der Waals surface area contributed by atoms with Gasteiger partial charge in [0.2, 0.25) is 0 Å². The largest absolute Gasteiger partial charge is 0.455 e. The Morgan fingerprint density at radius 2 is 1.02 bits per heavy atom. The molecule has 0 unspecified atom stereocenters. The highest BCUT2D eigenvalue weighted by Gasteiger charge is 2.24. The van der Waals surface area contributed by atoms with E-state index in [1.807, 2.05) is 79.0 Å². The molecule has 0 radical (unpaired) electrons. The van der Waals surface area contributed by atoms with Gasteiger partial charge in [-0.15, -0.1) is 0 Å². The number of hydrogen-bond donors (Lipinski definition) is 1. The molecule has 2 aromatic heterocycles. The number of hydrogen-bond acceptors (Lipinski definition) is 2. The van der Waals surface area contributed by atoms with Crippen molar-refractivity contribution in [1.29, 1.82) is 5.41 Å². The molecule has 0 fully saturated rings. The Morgan fingerprint density at radius 1 is 0.468 bits per heavy atom. The minimum Gasteiger partial charge on any atom is -0.455 e. The Bertz CT molecular complexity index is 3430. The highest BCUT2D eigenvalue weighted by Crippen LogP contribution is 2.45. The number of fused-ring (bicyclic) bond motifs is 7. The molecule has 9 aromatic carbocycles. The molecule has 62 heavy (non-hydrogen) atoms. The van der Waals surface area contributed by atoms with Crippen molar-refractivity contribution >= 4 is 61.6 Å². The first kappa shape index (κ1) is 36.7. The number of aromatic nitrogens is 1. The molecule has 0 saturated carbocycles. The number of rotatable bonds is 7. The van der Waals surface area contributed by atoms with Gasteiger partial charge >= 0.3 is 0 Å². The maximum Gasteiger partial charge on any atom is 0.161 e. The third kappa shape index (κ3) is 6.59. The first-order valence-corrected chi connectivity index (χ1v) is 20.7. The van der Waals surface area contributed by atoms with Gasteiger partial charge in [0.1, 0.15) is 11.2 Å². The van der Waals surface area contributed by atoms with Gasteiger partial charge in [-0.25, -0.2) is 9.98 Å². The minimum atomic E-state index is 0.104. The number of nitrogens with one attached hydrogen (secondary N) is 1. The monoisotopic (exact) mass is 794 g/mol. The van der Waals surface area contributed by atoms with Gasteiger partial charge in [-0.1, -0.05) is 182 Å². The number of para-hydroxylation sites is 2. The van der Waals surface area contributed by atoms with Crippen LogP contribution in [0.5, 0.6) is 0 Å². The average Bonchev–Trinajstić information content (AvgIpc) is 3.89. The van der Waals surface area contributed by atoms with Crippen molar-refractivity contribution in [3.63, 3.8) is 0 Å². The zero-order chi connectivity index (χ0) is 41.4. The summed E-state index contributed by atoms with van der Waals surface area (Å²) < 4.78 is 9.06. The van der Waals surface area contributed by atoms with Crippen LogP contribution < -0.4 is 0 Å². The van der Waals surface area contributed by atoms with Crippen molar-refractivity contribution in [2.75, 3.05) is 0 Å². The van der Waals surface area contributed by atoms with Crippen LogP contribution in [0.2, 0.25) is 0 Å². The average molecular weight is 795 g/mol. The predicted molar refractivity (Wildman–Crippen MR) is 258 cm³/mol. The molecule has 0 aliphatic heterocycles. The smallest absolute Gasteiger partial charge is 0.161 e. The van der Waals surface area contributed by atoms with Gasteiger partial charge in [0, 0.05) is 44.6 Å². The lowest BCUT2D eigenvalue weighted by molar-refractivity contribution is 0.673. The summed E-state index contributed by atoms with van der Waals surface area (Å²) in [5.41, 5.74) is 13.5. The summed E-state index contributed by atoms with van der Waals surface area (Å²) in [4.78, 5) is 9.93. The summed E-state index contributed by atoms with van der Waals surface area (Å²) in [6, 6.07) is 74.9. The molecule has 5 nitrogen and oxygen atoms in total. The van der Waals surface area contributed by atoms with E-state index in [2.05, 4.69) is 150 Å². The van der Waals surface area contributed by atoms with Crippen LogP contribution in [0.1, 0.15) is 16.7 Å². The first-order chi connectivity index (χ1) is 30.7. The van der Waals surface area contributed by atoms with Crippen LogP contribution in [-0.2, 0) is 0 Å². The minimum absolute atomic E-state index is 0.104. The molecule has 11 rings (SSSR count). The number of benzene rings is 9. The van der Waals surface area contributed by atoms with Crippen LogP contribution in [0, 0.1) is 5.41 Å². The van der Waals surface area contributed by atoms with E-state index in [1.165, 1.54) is 0 Å². The van der Waals surface area contributed by atoms with E-state index in [0.717, 1.165) is 93.9 Å². The van der Waals surface area contributed by atoms with Crippen molar-refractivity contribution in [2.24, 2.45) is 9.98 Å². The summed E-state index contributed by atoms with van der Waals surface area (Å²) in [5, 5.41) is 14.1. The lowest BCUT2D eigenvalue weighted by Gasteiger charge is -2.21. The summed E-state index contributed by atoms with van der Waals surface area (Å²) in [6.45, 7) is 0. The molecule has 0 saturated heterocycles. The number of furan rings is 1. The third-order valence-corrected chi connectivity index (χ3v) is 11.6. The van der Waals surface area contributed by atoms with Crippen LogP contribution in [-0.4, -0.2) is 22.5 Å². The molecule has 292 valence electrons. The SMILES string of the molecule is N=C(N=C(N=Cc1ccc(-c2ccccc2)cc1)c1ccccc1)c1cc(-c2ccccc2)c(-n2c3ccccc3c3c4oc5ccccc5c4ccc32)c(-c2ccccc2)c1. The van der Waals surface area contributed by atoms with Crippen LogP contribution in [0.15, 0.2) is 233 Å². The molecule has 11 aromatic rings. The fourth-order valence-electron chi connectivity index (χ4n) is 8.62. The molecule has 5 heteroatoms. The molecule has 0 amide bonds. The summed E-state index contributed by atoms with van der Waals surface area (Å²) >= 11 is 0. The van der Waals surface area contributed by atoms with Gasteiger partial charge in [-0.2, -0.15) is 0 Å². The number of nitrogens with zero attached hydrogens (tertiary/aromatic N) is 3. The zero-order valence-electron chi connectivity index (χ0n) is 33.6. The van der Waals surface area contributed by atoms with Gasteiger partial charge in [0.05, 0.1) is 22.1 Å². The van der Waals surface area contributed by atoms with Gasteiger partial charge in [-0.05, 0) is 64.2 Å². The standard InChI is InChI=1S/C57H38N4O/c58-56(60-57(43-23-11-4-12-24-43)59-37-38-29-31-40(32-30-38)39-17-5-1-6-18-39)44-35-48(41-19-7-2-8-20-41)54(49(36-44)42-21-9-3-10-22-42)61-50-27-15-13-26-47(50)53-51(61)34-33-46-45-25-14-16-28-52(45)62-55(46)53/h1-37,58H. The van der Waals surface area contributed by atoms with Crippen LogP contribution in [0.25, 0.3) is 82.8 Å². The fraction of sp³-hybridized carbons (Fsp3) is 0. The van der Waals surface area contributed by atoms with Crippen molar-refractivity contribution in [3.05, 3.63) is 235 Å². The normalized spacial score (nSPS) is 12.0. The molecule has 1 N–H and O–H groups in total.